The van der Waals surface area contributed by atoms with Crippen molar-refractivity contribution in [2.75, 3.05) is 30.7 Å². The third-order valence-electron chi connectivity index (χ3n) is 3.68. The molecule has 0 bridgehead atoms. The summed E-state index contributed by atoms with van der Waals surface area (Å²) >= 11 is 0. The Morgan fingerprint density at radius 3 is 2.65 bits per heavy atom. The van der Waals surface area contributed by atoms with Gasteiger partial charge in [0, 0.05) is 47.1 Å². The molecule has 3 N–H and O–H groups in total. The van der Waals surface area contributed by atoms with Crippen LogP contribution in [0.4, 0.5) is 11.4 Å². The van der Waals surface area contributed by atoms with Crippen molar-refractivity contribution in [3.63, 3.8) is 0 Å². The molecule has 4 nitrogen and oxygen atoms in total. The van der Waals surface area contributed by atoms with Crippen molar-refractivity contribution in [1.29, 1.82) is 0 Å². The first-order valence-corrected chi connectivity index (χ1v) is 7.26. The van der Waals surface area contributed by atoms with Gasteiger partial charge in [-0.3, -0.25) is 4.98 Å². The van der Waals surface area contributed by atoms with E-state index in [1.54, 1.807) is 0 Å². The molecule has 1 aromatic heterocycles. The highest BCUT2D eigenvalue weighted by Crippen LogP contribution is 2.27. The zero-order valence-corrected chi connectivity index (χ0v) is 12.6. The lowest BCUT2D eigenvalue weighted by atomic mass is 10.1. The highest BCUT2D eigenvalue weighted by atomic mass is 15.1. The predicted molar refractivity (Wildman–Crippen MR) is 87.0 cm³/mol. The Morgan fingerprint density at radius 1 is 1.20 bits per heavy atom. The van der Waals surface area contributed by atoms with Crippen molar-refractivity contribution in [2.24, 2.45) is 0 Å². The summed E-state index contributed by atoms with van der Waals surface area (Å²) in [4.78, 5) is 6.57. The third kappa shape index (κ3) is 3.20. The molecule has 1 heterocycles. The average molecular weight is 272 g/mol. The maximum atomic E-state index is 6.00. The Morgan fingerprint density at radius 2 is 1.95 bits per heavy atom. The number of pyridine rings is 1. The summed E-state index contributed by atoms with van der Waals surface area (Å²) in [5, 5.41) is 5.72. The largest absolute Gasteiger partial charge is 0.398 e. The maximum absolute atomic E-state index is 6.00. The van der Waals surface area contributed by atoms with Crippen LogP contribution in [0.5, 0.6) is 0 Å². The Balaban J connectivity index is 2.19. The molecule has 0 radical (unpaired) electrons. The van der Waals surface area contributed by atoms with Crippen molar-refractivity contribution in [2.45, 2.75) is 26.8 Å². The van der Waals surface area contributed by atoms with Gasteiger partial charge in [0.2, 0.25) is 0 Å². The molecule has 0 saturated heterocycles. The van der Waals surface area contributed by atoms with Crippen LogP contribution in [-0.2, 0) is 0 Å². The van der Waals surface area contributed by atoms with E-state index in [-0.39, 0.29) is 0 Å². The van der Waals surface area contributed by atoms with Gasteiger partial charge >= 0.3 is 0 Å². The summed E-state index contributed by atoms with van der Waals surface area (Å²) in [6.07, 6.45) is 3.63. The fourth-order valence-corrected chi connectivity index (χ4v) is 2.52. The fraction of sp³-hybridized carbons (Fsp3) is 0.438. The number of nitrogens with one attached hydrogen (secondary N) is 1. The van der Waals surface area contributed by atoms with E-state index in [4.69, 9.17) is 5.73 Å². The molecule has 0 saturated carbocycles. The topological polar surface area (TPSA) is 54.2 Å². The average Bonchev–Trinajstić information content (AvgIpc) is 2.48. The van der Waals surface area contributed by atoms with Gasteiger partial charge in [-0.1, -0.05) is 13.8 Å². The quantitative estimate of drug-likeness (QED) is 0.794. The minimum Gasteiger partial charge on any atom is -0.398 e. The molecular formula is C16H24N4. The molecule has 2 rings (SSSR count). The van der Waals surface area contributed by atoms with E-state index < -0.39 is 0 Å². The van der Waals surface area contributed by atoms with Gasteiger partial charge in [-0.15, -0.1) is 0 Å². The van der Waals surface area contributed by atoms with Crippen LogP contribution in [0.3, 0.4) is 0 Å². The van der Waals surface area contributed by atoms with E-state index in [0.29, 0.717) is 6.04 Å². The second-order valence-corrected chi connectivity index (χ2v) is 5.15. The van der Waals surface area contributed by atoms with Crippen LogP contribution in [0.25, 0.3) is 10.8 Å². The van der Waals surface area contributed by atoms with Crippen LogP contribution in [-0.4, -0.2) is 35.6 Å². The van der Waals surface area contributed by atoms with Gasteiger partial charge < -0.3 is 16.0 Å². The first-order chi connectivity index (χ1) is 9.65. The lowest BCUT2D eigenvalue weighted by molar-refractivity contribution is 0.295. The van der Waals surface area contributed by atoms with Crippen molar-refractivity contribution in [3.05, 3.63) is 30.6 Å². The van der Waals surface area contributed by atoms with E-state index >= 15 is 0 Å². The molecule has 108 valence electrons. The first kappa shape index (κ1) is 14.6. The molecule has 20 heavy (non-hydrogen) atoms. The fourth-order valence-electron chi connectivity index (χ4n) is 2.52. The smallest absolute Gasteiger partial charge is 0.0425 e. The Hall–Kier alpha value is -1.81. The number of aromatic nitrogens is 1. The second kappa shape index (κ2) is 6.57. The van der Waals surface area contributed by atoms with Gasteiger partial charge in [0.1, 0.15) is 0 Å². The molecule has 0 amide bonds. The van der Waals surface area contributed by atoms with Crippen LogP contribution in [0.1, 0.15) is 20.8 Å². The summed E-state index contributed by atoms with van der Waals surface area (Å²) in [5.41, 5.74) is 7.90. The van der Waals surface area contributed by atoms with Crippen molar-refractivity contribution >= 4 is 22.1 Å². The molecule has 1 aromatic carbocycles. The summed E-state index contributed by atoms with van der Waals surface area (Å²) in [7, 11) is 0. The van der Waals surface area contributed by atoms with Crippen LogP contribution in [0.15, 0.2) is 30.6 Å². The van der Waals surface area contributed by atoms with Crippen LogP contribution >= 0.6 is 0 Å². The number of benzene rings is 1. The van der Waals surface area contributed by atoms with Gasteiger partial charge in [0.15, 0.2) is 0 Å². The summed E-state index contributed by atoms with van der Waals surface area (Å²) < 4.78 is 0. The minimum atomic E-state index is 0.384. The van der Waals surface area contributed by atoms with E-state index in [1.165, 1.54) is 0 Å². The van der Waals surface area contributed by atoms with E-state index in [0.717, 1.165) is 41.8 Å². The van der Waals surface area contributed by atoms with Crippen molar-refractivity contribution < 1.29 is 0 Å². The number of likely N-dealkylation sites (N-methyl/N-ethyl adjacent to an activating group) is 1. The SMILES string of the molecule is CCN(CC)CC(C)Nc1ccc(N)c2cnccc12. The van der Waals surface area contributed by atoms with Crippen molar-refractivity contribution in [1.82, 2.24) is 9.88 Å². The Bertz CT molecular complexity index is 563. The van der Waals surface area contributed by atoms with Gasteiger partial charge in [0.25, 0.3) is 0 Å². The zero-order valence-electron chi connectivity index (χ0n) is 12.6. The van der Waals surface area contributed by atoms with Gasteiger partial charge in [-0.25, -0.2) is 0 Å². The molecule has 0 aliphatic carbocycles. The standard InChI is InChI=1S/C16H24N4/c1-4-20(5-2)11-12(3)19-16-7-6-15(17)14-10-18-9-8-13(14)16/h6-10,12,19H,4-5,11,17H2,1-3H3. The summed E-state index contributed by atoms with van der Waals surface area (Å²) in [6.45, 7) is 9.79. The molecule has 0 aliphatic heterocycles. The number of nitrogens with two attached hydrogens (primary N) is 1. The number of hydrogen-bond acceptors (Lipinski definition) is 4. The predicted octanol–water partition coefficient (Wildman–Crippen LogP) is 2.96. The number of anilines is 2. The molecule has 2 aromatic rings. The molecule has 1 atom stereocenters. The highest BCUT2D eigenvalue weighted by molar-refractivity contribution is 6.00. The Labute approximate surface area is 121 Å². The molecule has 0 aliphatic rings. The zero-order chi connectivity index (χ0) is 14.5. The number of nitrogen functional groups attached to an aromatic ring is 1. The lowest BCUT2D eigenvalue weighted by Gasteiger charge is -2.24. The number of rotatable bonds is 6. The second-order valence-electron chi connectivity index (χ2n) is 5.15. The van der Waals surface area contributed by atoms with E-state index in [1.807, 2.05) is 24.5 Å². The summed E-state index contributed by atoms with van der Waals surface area (Å²) in [5.74, 6) is 0. The van der Waals surface area contributed by atoms with E-state index in [9.17, 15) is 0 Å². The molecule has 1 unspecified atom stereocenters. The van der Waals surface area contributed by atoms with Crippen LogP contribution in [0, 0.1) is 0 Å². The highest BCUT2D eigenvalue weighted by Gasteiger charge is 2.09. The summed E-state index contributed by atoms with van der Waals surface area (Å²) in [6, 6.07) is 6.39. The molecular weight excluding hydrogens is 248 g/mol. The monoisotopic (exact) mass is 272 g/mol. The lowest BCUT2D eigenvalue weighted by Crippen LogP contribution is -2.34. The van der Waals surface area contributed by atoms with Gasteiger partial charge in [-0.05, 0) is 38.2 Å². The van der Waals surface area contributed by atoms with E-state index in [2.05, 4.69) is 42.0 Å². The number of nitrogens with zero attached hydrogens (tertiary/aromatic N) is 2. The maximum Gasteiger partial charge on any atom is 0.0425 e. The van der Waals surface area contributed by atoms with Gasteiger partial charge in [0.05, 0.1) is 0 Å². The minimum absolute atomic E-state index is 0.384. The third-order valence-corrected chi connectivity index (χ3v) is 3.68. The van der Waals surface area contributed by atoms with Crippen molar-refractivity contribution in [3.8, 4) is 0 Å². The molecule has 0 fully saturated rings. The van der Waals surface area contributed by atoms with Crippen LogP contribution < -0.4 is 11.1 Å². The molecule has 0 spiro atoms. The Kier molecular flexibility index (Phi) is 4.79. The first-order valence-electron chi connectivity index (χ1n) is 7.26. The number of hydrogen-bond donors (Lipinski definition) is 2. The molecule has 4 heteroatoms. The number of fused-ring (bicyclic) bond motifs is 1. The van der Waals surface area contributed by atoms with Crippen LogP contribution in [0.2, 0.25) is 0 Å². The van der Waals surface area contributed by atoms with Gasteiger partial charge in [-0.2, -0.15) is 0 Å². The normalized spacial score (nSPS) is 12.8.